The lowest BCUT2D eigenvalue weighted by molar-refractivity contribution is 0.412. The zero-order valence-electron chi connectivity index (χ0n) is 10.1. The maximum absolute atomic E-state index is 9.06. The first kappa shape index (κ1) is 13.7. The molecule has 0 atom stereocenters. The Morgan fingerprint density at radius 2 is 2.05 bits per heavy atom. The zero-order valence-corrected chi connectivity index (χ0v) is 12.4. The lowest BCUT2D eigenvalue weighted by Gasteiger charge is -2.10. The molecule has 0 saturated carbocycles. The molecular weight excluding hydrogens is 328 g/mol. The van der Waals surface area contributed by atoms with Crippen LogP contribution in [0.4, 0.5) is 11.4 Å². The van der Waals surface area contributed by atoms with Crippen molar-refractivity contribution >= 4 is 38.9 Å². The molecule has 0 spiro atoms. The third-order valence-corrected chi connectivity index (χ3v) is 3.39. The number of nitrogens with one attached hydrogen (secondary N) is 1. The molecule has 0 aliphatic heterocycles. The minimum Gasteiger partial charge on any atom is -0.496 e. The highest BCUT2D eigenvalue weighted by Crippen LogP contribution is 2.30. The minimum atomic E-state index is 0.538. The summed E-state index contributed by atoms with van der Waals surface area (Å²) in [6.07, 6.45) is 0. The van der Waals surface area contributed by atoms with Gasteiger partial charge in [0.25, 0.3) is 0 Å². The van der Waals surface area contributed by atoms with Gasteiger partial charge in [0, 0.05) is 10.7 Å². The molecular formula is C14H10BrClN2O. The predicted molar refractivity (Wildman–Crippen MR) is 80.1 cm³/mol. The van der Waals surface area contributed by atoms with E-state index in [4.69, 9.17) is 21.6 Å². The van der Waals surface area contributed by atoms with E-state index in [0.717, 1.165) is 15.9 Å². The number of ether oxygens (including phenoxy) is 1. The lowest BCUT2D eigenvalue weighted by atomic mass is 10.2. The Balaban J connectivity index is 2.34. The van der Waals surface area contributed by atoms with Crippen LogP contribution in [0.25, 0.3) is 0 Å². The zero-order chi connectivity index (χ0) is 13.8. The van der Waals surface area contributed by atoms with Gasteiger partial charge in [0.15, 0.2) is 0 Å². The second-order valence-corrected chi connectivity index (χ2v) is 5.07. The van der Waals surface area contributed by atoms with Gasteiger partial charge in [0.05, 0.1) is 22.8 Å². The molecule has 0 radical (unpaired) electrons. The summed E-state index contributed by atoms with van der Waals surface area (Å²) < 4.78 is 6.00. The summed E-state index contributed by atoms with van der Waals surface area (Å²) in [5, 5.41) is 12.8. The smallest absolute Gasteiger partial charge is 0.133 e. The van der Waals surface area contributed by atoms with Crippen LogP contribution >= 0.6 is 27.5 Å². The van der Waals surface area contributed by atoms with Crippen molar-refractivity contribution in [2.75, 3.05) is 12.4 Å². The number of rotatable bonds is 3. The van der Waals surface area contributed by atoms with Crippen molar-refractivity contribution < 1.29 is 4.74 Å². The van der Waals surface area contributed by atoms with E-state index in [2.05, 4.69) is 27.3 Å². The number of nitriles is 1. The molecule has 0 aliphatic rings. The highest BCUT2D eigenvalue weighted by Gasteiger charge is 2.05. The molecule has 19 heavy (non-hydrogen) atoms. The van der Waals surface area contributed by atoms with E-state index in [-0.39, 0.29) is 0 Å². The van der Waals surface area contributed by atoms with Crippen LogP contribution in [0.2, 0.25) is 5.02 Å². The number of benzene rings is 2. The quantitative estimate of drug-likeness (QED) is 0.881. The van der Waals surface area contributed by atoms with E-state index < -0.39 is 0 Å². The number of anilines is 2. The van der Waals surface area contributed by atoms with E-state index in [1.807, 2.05) is 18.2 Å². The van der Waals surface area contributed by atoms with Crippen LogP contribution < -0.4 is 10.1 Å². The Bertz CT molecular complexity index is 652. The summed E-state index contributed by atoms with van der Waals surface area (Å²) >= 11 is 9.35. The largest absolute Gasteiger partial charge is 0.496 e. The van der Waals surface area contributed by atoms with Crippen molar-refractivity contribution in [1.29, 1.82) is 5.26 Å². The molecule has 0 aliphatic carbocycles. The molecule has 0 saturated heterocycles. The summed E-state index contributed by atoms with van der Waals surface area (Å²) in [5.74, 6) is 0.747. The van der Waals surface area contributed by atoms with Crippen molar-refractivity contribution in [2.24, 2.45) is 0 Å². The minimum absolute atomic E-state index is 0.538. The summed E-state index contributed by atoms with van der Waals surface area (Å²) in [7, 11) is 1.61. The third-order valence-electron chi connectivity index (χ3n) is 2.53. The maximum Gasteiger partial charge on any atom is 0.133 e. The molecule has 0 unspecified atom stereocenters. The Labute approximate surface area is 124 Å². The van der Waals surface area contributed by atoms with Gasteiger partial charge in [-0.15, -0.1) is 0 Å². The number of nitrogens with zero attached hydrogens (tertiary/aromatic N) is 1. The van der Waals surface area contributed by atoms with Gasteiger partial charge in [-0.25, -0.2) is 0 Å². The molecule has 0 amide bonds. The summed E-state index contributed by atoms with van der Waals surface area (Å²) in [6, 6.07) is 12.8. The number of hydrogen-bond acceptors (Lipinski definition) is 3. The molecule has 3 nitrogen and oxygen atoms in total. The number of halogens is 2. The number of methoxy groups -OCH3 is 1. The fraction of sp³-hybridized carbons (Fsp3) is 0.0714. The van der Waals surface area contributed by atoms with Crippen molar-refractivity contribution in [2.45, 2.75) is 0 Å². The van der Waals surface area contributed by atoms with Crippen LogP contribution in [0, 0.1) is 11.3 Å². The van der Waals surface area contributed by atoms with E-state index in [0.29, 0.717) is 16.3 Å². The monoisotopic (exact) mass is 336 g/mol. The second-order valence-electron chi connectivity index (χ2n) is 3.78. The first-order valence-corrected chi connectivity index (χ1v) is 6.61. The van der Waals surface area contributed by atoms with Gasteiger partial charge in [-0.05, 0) is 52.3 Å². The molecule has 0 bridgehead atoms. The Morgan fingerprint density at radius 3 is 2.68 bits per heavy atom. The Kier molecular flexibility index (Phi) is 4.31. The van der Waals surface area contributed by atoms with Gasteiger partial charge in [0.2, 0.25) is 0 Å². The predicted octanol–water partition coefficient (Wildman–Crippen LogP) is 4.73. The Morgan fingerprint density at radius 1 is 1.26 bits per heavy atom. The van der Waals surface area contributed by atoms with Crippen molar-refractivity contribution in [1.82, 2.24) is 0 Å². The van der Waals surface area contributed by atoms with E-state index in [9.17, 15) is 0 Å². The molecule has 0 fully saturated rings. The molecule has 5 heteroatoms. The molecule has 1 N–H and O–H groups in total. The summed E-state index contributed by atoms with van der Waals surface area (Å²) in [4.78, 5) is 0. The van der Waals surface area contributed by atoms with Crippen LogP contribution in [-0.4, -0.2) is 7.11 Å². The molecule has 0 aromatic heterocycles. The molecule has 2 rings (SSSR count). The van der Waals surface area contributed by atoms with Crippen molar-refractivity contribution in [3.8, 4) is 11.8 Å². The second kappa shape index (κ2) is 5.96. The van der Waals surface area contributed by atoms with Gasteiger partial charge in [0.1, 0.15) is 11.8 Å². The highest BCUT2D eigenvalue weighted by atomic mass is 79.9. The van der Waals surface area contributed by atoms with Crippen LogP contribution in [0.1, 0.15) is 5.56 Å². The topological polar surface area (TPSA) is 45.0 Å². The molecule has 2 aromatic carbocycles. The van der Waals surface area contributed by atoms with Crippen LogP contribution in [0.5, 0.6) is 5.75 Å². The van der Waals surface area contributed by atoms with Crippen LogP contribution in [0.15, 0.2) is 40.9 Å². The fourth-order valence-corrected chi connectivity index (χ4v) is 2.33. The summed E-state index contributed by atoms with van der Waals surface area (Å²) in [6.45, 7) is 0. The highest BCUT2D eigenvalue weighted by molar-refractivity contribution is 9.10. The molecule has 0 heterocycles. The lowest BCUT2D eigenvalue weighted by Crippen LogP contribution is -1.94. The first-order valence-electron chi connectivity index (χ1n) is 5.44. The van der Waals surface area contributed by atoms with Crippen LogP contribution in [0.3, 0.4) is 0 Å². The normalized spacial score (nSPS) is 9.79. The van der Waals surface area contributed by atoms with Gasteiger partial charge < -0.3 is 10.1 Å². The van der Waals surface area contributed by atoms with Crippen molar-refractivity contribution in [3.63, 3.8) is 0 Å². The van der Waals surface area contributed by atoms with Crippen LogP contribution in [-0.2, 0) is 0 Å². The molecule has 96 valence electrons. The SMILES string of the molecule is COc1ccc(Nc2cc(Cl)ccc2C#N)cc1Br. The number of hydrogen-bond donors (Lipinski definition) is 1. The van der Waals surface area contributed by atoms with E-state index in [1.165, 1.54) is 0 Å². The average molecular weight is 338 g/mol. The van der Waals surface area contributed by atoms with E-state index in [1.54, 1.807) is 25.3 Å². The standard InChI is InChI=1S/C14H10BrClN2O/c1-19-14-5-4-11(7-12(14)15)18-13-6-10(16)3-2-9(13)8-17/h2-7,18H,1H3. The van der Waals surface area contributed by atoms with Crippen molar-refractivity contribution in [3.05, 3.63) is 51.5 Å². The van der Waals surface area contributed by atoms with Gasteiger partial charge in [-0.2, -0.15) is 5.26 Å². The van der Waals surface area contributed by atoms with E-state index >= 15 is 0 Å². The van der Waals surface area contributed by atoms with Gasteiger partial charge >= 0.3 is 0 Å². The fourth-order valence-electron chi connectivity index (χ4n) is 1.62. The maximum atomic E-state index is 9.06. The summed E-state index contributed by atoms with van der Waals surface area (Å²) in [5.41, 5.74) is 2.05. The Hall–Kier alpha value is -1.70. The first-order chi connectivity index (χ1) is 9.13. The van der Waals surface area contributed by atoms with Gasteiger partial charge in [-0.3, -0.25) is 0 Å². The molecule has 2 aromatic rings. The third kappa shape index (κ3) is 3.19. The average Bonchev–Trinajstić information content (AvgIpc) is 2.39. The van der Waals surface area contributed by atoms with Gasteiger partial charge in [-0.1, -0.05) is 11.6 Å².